The minimum atomic E-state index is -1.30. The maximum Gasteiger partial charge on any atom is 0.362 e. The van der Waals surface area contributed by atoms with E-state index in [1.807, 2.05) is 10.6 Å². The molecule has 2 amide bonds. The molecule has 0 fully saturated rings. The summed E-state index contributed by atoms with van der Waals surface area (Å²) in [6.45, 7) is 0. The predicted octanol–water partition coefficient (Wildman–Crippen LogP) is -0.270. The van der Waals surface area contributed by atoms with Crippen LogP contribution in [-0.4, -0.2) is 11.1 Å². The molecule has 0 aromatic carbocycles. The Kier molecular flexibility index (Phi) is 2.11. The van der Waals surface area contributed by atoms with Crippen LogP contribution in [0.3, 0.4) is 0 Å². The first-order chi connectivity index (χ1) is 3.72. The second-order valence-electron chi connectivity index (χ2n) is 0.791. The van der Waals surface area contributed by atoms with Gasteiger partial charge in [0.2, 0.25) is 0 Å². The van der Waals surface area contributed by atoms with Crippen LogP contribution >= 0.6 is 0 Å². The van der Waals surface area contributed by atoms with Gasteiger partial charge in [-0.25, -0.2) is 4.79 Å². The molecule has 0 aliphatic rings. The Labute approximate surface area is 43.3 Å². The summed E-state index contributed by atoms with van der Waals surface area (Å²) in [5.41, 5.74) is 4.36. The van der Waals surface area contributed by atoms with Gasteiger partial charge in [-0.15, -0.1) is 9.81 Å². The van der Waals surface area contributed by atoms with Gasteiger partial charge >= 0.3 is 6.03 Å². The van der Waals surface area contributed by atoms with Gasteiger partial charge in [0, 0.05) is 0 Å². The third-order valence-electron chi connectivity index (χ3n) is 0.352. The Morgan fingerprint density at radius 1 is 1.38 bits per heavy atom. The first-order valence-electron chi connectivity index (χ1n) is 1.48. The number of primary amides is 1. The fraction of sp³-hybridized carbons (Fsp3) is 0. The highest BCUT2D eigenvalue weighted by Gasteiger charge is 2.06. The van der Waals surface area contributed by atoms with Crippen LogP contribution in [0.2, 0.25) is 0 Å². The van der Waals surface area contributed by atoms with Crippen LogP contribution in [0.4, 0.5) is 4.79 Å². The fourth-order valence-electron chi connectivity index (χ4n) is 0.0954. The maximum absolute atomic E-state index is 9.72. The fourth-order valence-corrected chi connectivity index (χ4v) is 0.0954. The van der Waals surface area contributed by atoms with Crippen molar-refractivity contribution in [3.63, 3.8) is 0 Å². The topological polar surface area (TPSA) is 105 Å². The highest BCUT2D eigenvalue weighted by atomic mass is 16.4. The molecule has 8 heavy (non-hydrogen) atoms. The zero-order valence-corrected chi connectivity index (χ0v) is 3.64. The van der Waals surface area contributed by atoms with Crippen molar-refractivity contribution in [3.05, 3.63) is 9.81 Å². The van der Waals surface area contributed by atoms with Crippen molar-refractivity contribution in [2.45, 2.75) is 0 Å². The third kappa shape index (κ3) is 1.29. The second kappa shape index (κ2) is 2.61. The highest BCUT2D eigenvalue weighted by molar-refractivity contribution is 5.70. The number of hydrogen-bond donors (Lipinski definition) is 1. The van der Waals surface area contributed by atoms with Crippen LogP contribution in [-0.2, 0) is 0 Å². The maximum atomic E-state index is 9.72. The van der Waals surface area contributed by atoms with E-state index in [2.05, 4.69) is 5.73 Å². The molecule has 0 unspecified atom stereocenters. The van der Waals surface area contributed by atoms with Crippen molar-refractivity contribution in [3.8, 4) is 0 Å². The first kappa shape index (κ1) is 6.47. The molecule has 0 aliphatic carbocycles. The summed E-state index contributed by atoms with van der Waals surface area (Å²) in [5.74, 6) is 0. The van der Waals surface area contributed by atoms with E-state index in [-0.39, 0.29) is 5.12 Å². The molecule has 0 aliphatic heterocycles. The molecule has 44 valence electrons. The summed E-state index contributed by atoms with van der Waals surface area (Å²) in [7, 11) is 0. The van der Waals surface area contributed by atoms with E-state index in [0.29, 0.717) is 0 Å². The smallest absolute Gasteiger partial charge is 0.348 e. The van der Waals surface area contributed by atoms with Gasteiger partial charge in [-0.1, -0.05) is 0 Å². The monoisotopic (exact) mass is 118 g/mol. The van der Waals surface area contributed by atoms with Crippen molar-refractivity contribution >= 4 is 6.03 Å². The molecular weight excluding hydrogens is 116 g/mol. The number of nitroso groups, excluding NO2 is 2. The number of amides is 2. The normalized spacial score (nSPS) is 7.50. The van der Waals surface area contributed by atoms with Crippen molar-refractivity contribution in [2.75, 3.05) is 0 Å². The molecule has 0 spiro atoms. The van der Waals surface area contributed by atoms with Crippen LogP contribution in [0, 0.1) is 9.81 Å². The van der Waals surface area contributed by atoms with Gasteiger partial charge in [0.05, 0.1) is 10.6 Å². The summed E-state index contributed by atoms with van der Waals surface area (Å²) >= 11 is 0. The zero-order valence-electron chi connectivity index (χ0n) is 3.64. The summed E-state index contributed by atoms with van der Waals surface area (Å²) < 4.78 is 0. The summed E-state index contributed by atoms with van der Waals surface area (Å²) in [4.78, 5) is 28.2. The number of hydrogen-bond acceptors (Lipinski definition) is 5. The SMILES string of the molecule is NC(=O)N(N=O)N=O. The molecular formula is CH2N4O3. The lowest BCUT2D eigenvalue weighted by molar-refractivity contribution is 0.210. The van der Waals surface area contributed by atoms with Gasteiger partial charge in [0.1, 0.15) is 0 Å². The lowest BCUT2D eigenvalue weighted by atomic mass is 11.1. The molecule has 0 aromatic heterocycles. The van der Waals surface area contributed by atoms with Gasteiger partial charge in [-0.2, -0.15) is 0 Å². The Hall–Kier alpha value is -1.53. The summed E-state index contributed by atoms with van der Waals surface area (Å²) in [6.07, 6.45) is 0. The third-order valence-corrected chi connectivity index (χ3v) is 0.352. The molecule has 0 saturated heterocycles. The molecule has 7 heteroatoms. The van der Waals surface area contributed by atoms with E-state index in [9.17, 15) is 14.6 Å². The molecule has 7 nitrogen and oxygen atoms in total. The first-order valence-corrected chi connectivity index (χ1v) is 1.48. The van der Waals surface area contributed by atoms with Gasteiger partial charge in [-0.3, -0.25) is 0 Å². The van der Waals surface area contributed by atoms with Crippen LogP contribution < -0.4 is 5.73 Å². The van der Waals surface area contributed by atoms with Crippen molar-refractivity contribution in [1.82, 2.24) is 5.12 Å². The van der Waals surface area contributed by atoms with Gasteiger partial charge in [-0.05, 0) is 5.12 Å². The molecule has 0 aromatic rings. The second-order valence-corrected chi connectivity index (χ2v) is 0.791. The Bertz CT molecular complexity index is 112. The quantitative estimate of drug-likeness (QED) is 0.398. The summed E-state index contributed by atoms with van der Waals surface area (Å²) in [6, 6.07) is -1.30. The number of carbonyl (C=O) groups excluding carboxylic acids is 1. The zero-order chi connectivity index (χ0) is 6.57. The summed E-state index contributed by atoms with van der Waals surface area (Å²) in [5, 5.41) is 3.37. The van der Waals surface area contributed by atoms with E-state index in [4.69, 9.17) is 0 Å². The molecule has 0 bridgehead atoms. The average Bonchev–Trinajstić information content (AvgIpc) is 1.69. The molecule has 0 radical (unpaired) electrons. The highest BCUT2D eigenvalue weighted by Crippen LogP contribution is 1.85. The van der Waals surface area contributed by atoms with E-state index in [1.165, 1.54) is 0 Å². The minimum absolute atomic E-state index is 0.306. The molecule has 0 heterocycles. The number of urea groups is 1. The van der Waals surface area contributed by atoms with Crippen molar-refractivity contribution < 1.29 is 4.79 Å². The van der Waals surface area contributed by atoms with Crippen LogP contribution in [0.1, 0.15) is 0 Å². The van der Waals surface area contributed by atoms with E-state index < -0.39 is 6.03 Å². The van der Waals surface area contributed by atoms with Gasteiger partial charge < -0.3 is 5.73 Å². The molecule has 0 saturated carbocycles. The molecule has 2 N–H and O–H groups in total. The standard InChI is InChI=1S/CH2N4O3/c2-1(6)5(3-7)4-8/h(H2,2,6). The number of carbonyl (C=O) groups is 1. The Morgan fingerprint density at radius 2 is 1.75 bits per heavy atom. The van der Waals surface area contributed by atoms with E-state index in [1.54, 1.807) is 0 Å². The van der Waals surface area contributed by atoms with Crippen LogP contribution in [0.25, 0.3) is 0 Å². The Balaban J connectivity index is 3.88. The molecule has 0 atom stereocenters. The van der Waals surface area contributed by atoms with Crippen LogP contribution in [0.15, 0.2) is 10.6 Å². The Morgan fingerprint density at radius 3 is 1.75 bits per heavy atom. The van der Waals surface area contributed by atoms with Gasteiger partial charge in [0.15, 0.2) is 0 Å². The minimum Gasteiger partial charge on any atom is -0.348 e. The van der Waals surface area contributed by atoms with Crippen molar-refractivity contribution in [1.29, 1.82) is 0 Å². The predicted molar refractivity (Wildman–Crippen MR) is 23.0 cm³/mol. The number of nitrogens with two attached hydrogens (primary N) is 1. The van der Waals surface area contributed by atoms with E-state index in [0.717, 1.165) is 0 Å². The van der Waals surface area contributed by atoms with E-state index >= 15 is 0 Å². The molecule has 0 rings (SSSR count). The lowest BCUT2D eigenvalue weighted by Gasteiger charge is -1.92. The number of rotatable bonds is 2. The van der Waals surface area contributed by atoms with Gasteiger partial charge in [0.25, 0.3) is 0 Å². The van der Waals surface area contributed by atoms with Crippen LogP contribution in [0.5, 0.6) is 0 Å². The number of nitrogens with zero attached hydrogens (tertiary/aromatic N) is 3. The largest absolute Gasteiger partial charge is 0.362 e. The lowest BCUT2D eigenvalue weighted by Crippen LogP contribution is -2.25. The van der Waals surface area contributed by atoms with Crippen molar-refractivity contribution in [2.24, 2.45) is 16.3 Å². The average molecular weight is 118 g/mol.